The highest BCUT2D eigenvalue weighted by Gasteiger charge is 2.25. The smallest absolute Gasteiger partial charge is 0.163 e. The van der Waals surface area contributed by atoms with Crippen LogP contribution in [-0.2, 0) is 6.42 Å². The maximum Gasteiger partial charge on any atom is 0.163 e. The van der Waals surface area contributed by atoms with E-state index in [1.165, 1.54) is 22.3 Å². The van der Waals surface area contributed by atoms with Gasteiger partial charge in [-0.15, -0.1) is 0 Å². The fraction of sp³-hybridized carbons (Fsp3) is 0.462. The van der Waals surface area contributed by atoms with Crippen molar-refractivity contribution in [2.45, 2.75) is 66.8 Å². The Balaban J connectivity index is 0.000000989. The molecule has 1 aliphatic carbocycles. The highest BCUT2D eigenvalue weighted by Crippen LogP contribution is 2.37. The lowest BCUT2D eigenvalue weighted by atomic mass is 9.90. The van der Waals surface area contributed by atoms with Crippen LogP contribution < -0.4 is 14.8 Å². The van der Waals surface area contributed by atoms with Crippen molar-refractivity contribution < 1.29 is 9.47 Å². The van der Waals surface area contributed by atoms with Crippen molar-refractivity contribution in [1.82, 2.24) is 5.32 Å². The van der Waals surface area contributed by atoms with Gasteiger partial charge in [0.2, 0.25) is 0 Å². The second-order valence-corrected chi connectivity index (χ2v) is 7.27. The Labute approximate surface area is 178 Å². The minimum absolute atomic E-state index is 0.0595. The van der Waals surface area contributed by atoms with Crippen molar-refractivity contribution in [3.05, 3.63) is 65.2 Å². The Morgan fingerprint density at radius 1 is 0.897 bits per heavy atom. The quantitative estimate of drug-likeness (QED) is 0.517. The third kappa shape index (κ3) is 6.93. The van der Waals surface area contributed by atoms with Crippen molar-refractivity contribution in [2.75, 3.05) is 13.8 Å². The Bertz CT molecular complexity index is 778. The third-order valence-electron chi connectivity index (χ3n) is 4.78. The first kappa shape index (κ1) is 24.8. The number of para-hydroxylation sites is 2. The van der Waals surface area contributed by atoms with Gasteiger partial charge in [0.25, 0.3) is 0 Å². The minimum Gasteiger partial charge on any atom is -0.493 e. The fourth-order valence-electron chi connectivity index (χ4n) is 3.39. The Kier molecular flexibility index (Phi) is 10.5. The van der Waals surface area contributed by atoms with E-state index in [0.29, 0.717) is 6.73 Å². The molecule has 2 aromatic carbocycles. The van der Waals surface area contributed by atoms with Crippen LogP contribution in [0.1, 0.15) is 66.0 Å². The number of benzene rings is 2. The van der Waals surface area contributed by atoms with Gasteiger partial charge in [0.05, 0.1) is 7.11 Å². The summed E-state index contributed by atoms with van der Waals surface area (Å²) in [6.07, 6.45) is 2.05. The number of methoxy groups -OCH3 is 1. The standard InChI is InChI=1S/C22H27NO2.2C2H6/c1-16-13-17-9-5-6-10-18(17)19(16)14-22(2,3)23-15-25-21-12-8-7-11-20(21)24-4;2*1-2/h5-12,23H,13-15H2,1-4H3;2*1-2H3. The van der Waals surface area contributed by atoms with Crippen molar-refractivity contribution in [1.29, 1.82) is 0 Å². The van der Waals surface area contributed by atoms with Crippen LogP contribution in [0.15, 0.2) is 54.1 Å². The van der Waals surface area contributed by atoms with Gasteiger partial charge in [-0.1, -0.05) is 69.7 Å². The summed E-state index contributed by atoms with van der Waals surface area (Å²) in [5.41, 5.74) is 5.72. The second-order valence-electron chi connectivity index (χ2n) is 7.27. The largest absolute Gasteiger partial charge is 0.493 e. The summed E-state index contributed by atoms with van der Waals surface area (Å²) in [5.74, 6) is 1.51. The maximum atomic E-state index is 5.87. The van der Waals surface area contributed by atoms with E-state index >= 15 is 0 Å². The second kappa shape index (κ2) is 12.3. The molecule has 29 heavy (non-hydrogen) atoms. The maximum absolute atomic E-state index is 5.87. The molecule has 0 amide bonds. The van der Waals surface area contributed by atoms with Crippen LogP contribution in [0.5, 0.6) is 11.5 Å². The van der Waals surface area contributed by atoms with Gasteiger partial charge in [0.1, 0.15) is 6.73 Å². The summed E-state index contributed by atoms with van der Waals surface area (Å²) in [7, 11) is 1.66. The van der Waals surface area contributed by atoms with Gasteiger partial charge in [-0.05, 0) is 62.4 Å². The summed E-state index contributed by atoms with van der Waals surface area (Å²) in [6, 6.07) is 16.4. The zero-order valence-corrected chi connectivity index (χ0v) is 19.6. The molecule has 0 atom stereocenters. The zero-order chi connectivity index (χ0) is 21.9. The first-order chi connectivity index (χ1) is 14.0. The van der Waals surface area contributed by atoms with Gasteiger partial charge in [-0.3, -0.25) is 5.32 Å². The molecule has 0 aromatic heterocycles. The number of allylic oxidation sites excluding steroid dienone is 1. The normalized spacial score (nSPS) is 12.3. The van der Waals surface area contributed by atoms with Crippen molar-refractivity contribution >= 4 is 5.57 Å². The van der Waals surface area contributed by atoms with Gasteiger partial charge >= 0.3 is 0 Å². The van der Waals surface area contributed by atoms with Crippen LogP contribution in [0, 0.1) is 0 Å². The minimum atomic E-state index is -0.0595. The lowest BCUT2D eigenvalue weighted by Crippen LogP contribution is -2.41. The van der Waals surface area contributed by atoms with Crippen LogP contribution in [0.3, 0.4) is 0 Å². The summed E-state index contributed by atoms with van der Waals surface area (Å²) >= 11 is 0. The summed E-state index contributed by atoms with van der Waals surface area (Å²) < 4.78 is 11.2. The molecule has 0 spiro atoms. The fourth-order valence-corrected chi connectivity index (χ4v) is 3.39. The molecule has 160 valence electrons. The molecule has 1 N–H and O–H groups in total. The van der Waals surface area contributed by atoms with Gasteiger partial charge in [0.15, 0.2) is 11.5 Å². The van der Waals surface area contributed by atoms with Gasteiger partial charge < -0.3 is 9.47 Å². The summed E-state index contributed by atoms with van der Waals surface area (Å²) in [4.78, 5) is 0. The molecule has 3 heteroatoms. The first-order valence-corrected chi connectivity index (χ1v) is 10.8. The van der Waals surface area contributed by atoms with E-state index in [1.54, 1.807) is 7.11 Å². The van der Waals surface area contributed by atoms with Crippen LogP contribution in [0.2, 0.25) is 0 Å². The number of fused-ring (bicyclic) bond motifs is 1. The van der Waals surface area contributed by atoms with Crippen molar-refractivity contribution in [2.24, 2.45) is 0 Å². The molecule has 0 unspecified atom stereocenters. The topological polar surface area (TPSA) is 30.5 Å². The predicted molar refractivity (Wildman–Crippen MR) is 126 cm³/mol. The van der Waals surface area contributed by atoms with Gasteiger partial charge in [0, 0.05) is 5.54 Å². The third-order valence-corrected chi connectivity index (χ3v) is 4.78. The predicted octanol–water partition coefficient (Wildman–Crippen LogP) is 6.87. The first-order valence-electron chi connectivity index (χ1n) is 10.8. The van der Waals surface area contributed by atoms with Gasteiger partial charge in [-0.2, -0.15) is 0 Å². The zero-order valence-electron chi connectivity index (χ0n) is 19.6. The summed E-state index contributed by atoms with van der Waals surface area (Å²) in [5, 5.41) is 3.53. The Morgan fingerprint density at radius 3 is 2.14 bits per heavy atom. The van der Waals surface area contributed by atoms with Crippen molar-refractivity contribution in [3.8, 4) is 11.5 Å². The van der Waals surface area contributed by atoms with Crippen molar-refractivity contribution in [3.63, 3.8) is 0 Å². The van der Waals surface area contributed by atoms with Crippen LogP contribution >= 0.6 is 0 Å². The Hall–Kier alpha value is -2.26. The highest BCUT2D eigenvalue weighted by atomic mass is 16.5. The SMILES string of the molecule is CC.CC.COc1ccccc1OCNC(C)(C)CC1=C(C)Cc2ccccc21. The molecule has 0 bridgehead atoms. The lowest BCUT2D eigenvalue weighted by molar-refractivity contribution is 0.222. The summed E-state index contributed by atoms with van der Waals surface area (Å²) in [6.45, 7) is 15.1. The van der Waals surface area contributed by atoms with E-state index in [-0.39, 0.29) is 5.54 Å². The molecule has 0 fully saturated rings. The molecule has 0 radical (unpaired) electrons. The lowest BCUT2D eigenvalue weighted by Gasteiger charge is -2.28. The van der Waals surface area contributed by atoms with Crippen LogP contribution in [0.25, 0.3) is 5.57 Å². The molecular formula is C26H39NO2. The van der Waals surface area contributed by atoms with E-state index in [0.717, 1.165) is 24.3 Å². The number of nitrogens with one attached hydrogen (secondary N) is 1. The van der Waals surface area contributed by atoms with E-state index in [4.69, 9.17) is 9.47 Å². The van der Waals surface area contributed by atoms with E-state index in [2.05, 4.69) is 50.4 Å². The molecule has 0 aliphatic heterocycles. The van der Waals surface area contributed by atoms with E-state index < -0.39 is 0 Å². The molecule has 0 saturated heterocycles. The highest BCUT2D eigenvalue weighted by molar-refractivity contribution is 5.76. The Morgan fingerprint density at radius 2 is 1.48 bits per heavy atom. The number of hydrogen-bond donors (Lipinski definition) is 1. The van der Waals surface area contributed by atoms with E-state index in [1.807, 2.05) is 52.0 Å². The molecule has 3 nitrogen and oxygen atoms in total. The average Bonchev–Trinajstić information content (AvgIpc) is 3.06. The molecule has 0 heterocycles. The molecule has 0 saturated carbocycles. The van der Waals surface area contributed by atoms with Crippen LogP contribution in [0.4, 0.5) is 0 Å². The molecule has 2 aromatic rings. The monoisotopic (exact) mass is 397 g/mol. The molecule has 1 aliphatic rings. The molecular weight excluding hydrogens is 358 g/mol. The average molecular weight is 398 g/mol. The number of hydrogen-bond acceptors (Lipinski definition) is 3. The number of rotatable bonds is 7. The van der Waals surface area contributed by atoms with Gasteiger partial charge in [-0.25, -0.2) is 0 Å². The van der Waals surface area contributed by atoms with E-state index in [9.17, 15) is 0 Å². The number of ether oxygens (including phenoxy) is 2. The van der Waals surface area contributed by atoms with Crippen LogP contribution in [-0.4, -0.2) is 19.4 Å². The molecule has 3 rings (SSSR count).